The van der Waals surface area contributed by atoms with Gasteiger partial charge in [0.25, 0.3) is 11.5 Å². The molecule has 1 amide bonds. The second kappa shape index (κ2) is 9.72. The van der Waals surface area contributed by atoms with Crippen LogP contribution in [0.15, 0.2) is 71.5 Å². The van der Waals surface area contributed by atoms with E-state index in [0.29, 0.717) is 27.7 Å². The fourth-order valence-electron chi connectivity index (χ4n) is 3.33. The molecule has 2 N–H and O–H groups in total. The predicted octanol–water partition coefficient (Wildman–Crippen LogP) is 5.01. The first-order valence-electron chi connectivity index (χ1n) is 10.3. The summed E-state index contributed by atoms with van der Waals surface area (Å²) in [5, 5.41) is 3.36. The fourth-order valence-corrected chi connectivity index (χ4v) is 3.54. The molecule has 7 nitrogen and oxygen atoms in total. The summed E-state index contributed by atoms with van der Waals surface area (Å²) in [6.07, 6.45) is 1.62. The van der Waals surface area contributed by atoms with Gasteiger partial charge in [0.05, 0.1) is 28.6 Å². The number of nitrogens with zero attached hydrogens (tertiary/aromatic N) is 1. The molecule has 0 saturated carbocycles. The number of carbonyl (C=O) groups excluding carboxylic acids is 2. The number of esters is 1. The van der Waals surface area contributed by atoms with Crippen LogP contribution in [-0.2, 0) is 4.74 Å². The molecular formula is C26H20ClN3O4. The molecule has 0 aliphatic rings. The molecule has 0 radical (unpaired) electrons. The van der Waals surface area contributed by atoms with E-state index in [-0.39, 0.29) is 27.9 Å². The number of nitrogens with one attached hydrogen (secondary N) is 2. The quantitative estimate of drug-likeness (QED) is 0.397. The minimum Gasteiger partial charge on any atom is -0.465 e. The Bertz CT molecular complexity index is 1490. The van der Waals surface area contributed by atoms with Gasteiger partial charge in [-0.05, 0) is 61.0 Å². The molecule has 0 bridgehead atoms. The number of anilines is 1. The molecule has 8 heteroatoms. The summed E-state index contributed by atoms with van der Waals surface area (Å²) in [7, 11) is 1.28. The lowest BCUT2D eigenvalue weighted by molar-refractivity contribution is 0.0600. The average Bonchev–Trinajstić information content (AvgIpc) is 2.83. The van der Waals surface area contributed by atoms with Gasteiger partial charge in [0.2, 0.25) is 0 Å². The Labute approximate surface area is 200 Å². The number of aromatic amines is 1. The Morgan fingerprint density at radius 1 is 1.03 bits per heavy atom. The monoisotopic (exact) mass is 473 g/mol. The van der Waals surface area contributed by atoms with E-state index in [1.807, 2.05) is 19.1 Å². The van der Waals surface area contributed by atoms with Crippen molar-refractivity contribution in [3.05, 3.63) is 105 Å². The van der Waals surface area contributed by atoms with Crippen LogP contribution in [0.25, 0.3) is 22.0 Å². The second-order valence-electron chi connectivity index (χ2n) is 7.58. The first-order valence-corrected chi connectivity index (χ1v) is 10.7. The van der Waals surface area contributed by atoms with Crippen LogP contribution in [0.3, 0.4) is 0 Å². The third-order valence-electron chi connectivity index (χ3n) is 5.11. The molecular weight excluding hydrogens is 454 g/mol. The molecule has 0 fully saturated rings. The smallest absolute Gasteiger partial charge is 0.337 e. The van der Waals surface area contributed by atoms with Crippen LogP contribution in [0.1, 0.15) is 37.7 Å². The average molecular weight is 474 g/mol. The molecule has 4 rings (SSSR count). The summed E-state index contributed by atoms with van der Waals surface area (Å²) in [4.78, 5) is 43.9. The van der Waals surface area contributed by atoms with Crippen molar-refractivity contribution in [1.82, 2.24) is 9.97 Å². The van der Waals surface area contributed by atoms with Gasteiger partial charge in [-0.2, -0.15) is 0 Å². The van der Waals surface area contributed by atoms with E-state index < -0.39 is 5.97 Å². The zero-order valence-corrected chi connectivity index (χ0v) is 19.1. The van der Waals surface area contributed by atoms with E-state index in [4.69, 9.17) is 16.3 Å². The summed E-state index contributed by atoms with van der Waals surface area (Å²) in [5.74, 6) is -0.610. The van der Waals surface area contributed by atoms with Crippen LogP contribution < -0.4 is 10.9 Å². The lowest BCUT2D eigenvalue weighted by Gasteiger charge is -2.07. The molecule has 0 spiro atoms. The Kier molecular flexibility index (Phi) is 6.56. The zero-order valence-electron chi connectivity index (χ0n) is 18.4. The number of hydrogen-bond donors (Lipinski definition) is 2. The van der Waals surface area contributed by atoms with Gasteiger partial charge in [0, 0.05) is 11.3 Å². The van der Waals surface area contributed by atoms with Gasteiger partial charge >= 0.3 is 5.97 Å². The summed E-state index contributed by atoms with van der Waals surface area (Å²) < 4.78 is 4.72. The number of aryl methyl sites for hydroxylation is 1. The van der Waals surface area contributed by atoms with Gasteiger partial charge in [-0.3, -0.25) is 9.59 Å². The van der Waals surface area contributed by atoms with Crippen molar-refractivity contribution in [3.8, 4) is 0 Å². The summed E-state index contributed by atoms with van der Waals surface area (Å²) in [6.45, 7) is 1.96. The number of benzene rings is 3. The second-order valence-corrected chi connectivity index (χ2v) is 7.98. The number of amides is 1. The Morgan fingerprint density at radius 3 is 2.50 bits per heavy atom. The molecule has 34 heavy (non-hydrogen) atoms. The van der Waals surface area contributed by atoms with E-state index in [9.17, 15) is 14.4 Å². The van der Waals surface area contributed by atoms with Gasteiger partial charge in [-0.1, -0.05) is 41.4 Å². The maximum atomic E-state index is 12.5. The fraction of sp³-hybridized carbons (Fsp3) is 0.0769. The van der Waals surface area contributed by atoms with Gasteiger partial charge in [-0.15, -0.1) is 0 Å². The van der Waals surface area contributed by atoms with Crippen molar-refractivity contribution in [2.75, 3.05) is 12.4 Å². The van der Waals surface area contributed by atoms with Crippen molar-refractivity contribution in [2.45, 2.75) is 6.92 Å². The third-order valence-corrected chi connectivity index (χ3v) is 5.39. The topological polar surface area (TPSA) is 101 Å². The van der Waals surface area contributed by atoms with Gasteiger partial charge in [0.15, 0.2) is 5.82 Å². The number of fused-ring (bicyclic) bond motifs is 1. The van der Waals surface area contributed by atoms with Crippen LogP contribution in [0.2, 0.25) is 0 Å². The summed E-state index contributed by atoms with van der Waals surface area (Å²) in [5.41, 5.74) is 3.10. The number of rotatable bonds is 5. The first kappa shape index (κ1) is 22.9. The molecule has 0 unspecified atom stereocenters. The lowest BCUT2D eigenvalue weighted by Crippen LogP contribution is -2.12. The molecule has 1 aromatic heterocycles. The van der Waals surface area contributed by atoms with Gasteiger partial charge in [0.1, 0.15) is 0 Å². The van der Waals surface area contributed by atoms with Crippen molar-refractivity contribution in [2.24, 2.45) is 0 Å². The number of H-pyrrole nitrogens is 1. The zero-order chi connectivity index (χ0) is 24.2. The number of aromatic nitrogens is 2. The van der Waals surface area contributed by atoms with Crippen molar-refractivity contribution >= 4 is 51.2 Å². The standard InChI is InChI=1S/C26H20ClN3O4/c1-15-6-8-17(9-7-15)24(31)28-19-5-3-4-16(12-19)13-21(27)23-29-22-14-18(26(33)34-2)10-11-20(22)25(32)30-23/h3-14H,1-2H3,(H,28,31)(H,29,30,32)/b21-13-. The Morgan fingerprint density at radius 2 is 1.76 bits per heavy atom. The van der Waals surface area contributed by atoms with Crippen molar-refractivity contribution in [3.63, 3.8) is 0 Å². The summed E-state index contributed by atoms with van der Waals surface area (Å²) >= 11 is 6.46. The van der Waals surface area contributed by atoms with E-state index in [0.717, 1.165) is 5.56 Å². The number of carbonyl (C=O) groups is 2. The van der Waals surface area contributed by atoms with Crippen LogP contribution in [0, 0.1) is 6.92 Å². The highest BCUT2D eigenvalue weighted by Gasteiger charge is 2.12. The van der Waals surface area contributed by atoms with Crippen LogP contribution in [0.5, 0.6) is 0 Å². The van der Waals surface area contributed by atoms with E-state index in [2.05, 4.69) is 15.3 Å². The lowest BCUT2D eigenvalue weighted by atomic mass is 10.1. The Balaban J connectivity index is 1.61. The molecule has 3 aromatic carbocycles. The number of ether oxygens (including phenoxy) is 1. The van der Waals surface area contributed by atoms with E-state index >= 15 is 0 Å². The molecule has 0 saturated heterocycles. The Hall–Kier alpha value is -4.23. The van der Waals surface area contributed by atoms with E-state index in [1.54, 1.807) is 42.5 Å². The largest absolute Gasteiger partial charge is 0.465 e. The summed E-state index contributed by atoms with van der Waals surface area (Å²) in [6, 6.07) is 18.9. The molecule has 0 atom stereocenters. The van der Waals surface area contributed by atoms with Crippen LogP contribution >= 0.6 is 11.6 Å². The number of methoxy groups -OCH3 is 1. The number of hydrogen-bond acceptors (Lipinski definition) is 5. The normalized spacial score (nSPS) is 11.3. The highest BCUT2D eigenvalue weighted by Crippen LogP contribution is 2.22. The maximum Gasteiger partial charge on any atom is 0.337 e. The van der Waals surface area contributed by atoms with E-state index in [1.165, 1.54) is 25.3 Å². The SMILES string of the molecule is COC(=O)c1ccc2c(=O)[nH]c(/C(Cl)=C/c3cccc(NC(=O)c4ccc(C)cc4)c3)nc2c1. The minimum atomic E-state index is -0.531. The highest BCUT2D eigenvalue weighted by atomic mass is 35.5. The molecule has 1 heterocycles. The maximum absolute atomic E-state index is 12.5. The predicted molar refractivity (Wildman–Crippen MR) is 133 cm³/mol. The minimum absolute atomic E-state index is 0.148. The first-order chi connectivity index (χ1) is 16.3. The molecule has 4 aromatic rings. The molecule has 170 valence electrons. The number of halogens is 1. The van der Waals surface area contributed by atoms with Crippen LogP contribution in [0.4, 0.5) is 5.69 Å². The van der Waals surface area contributed by atoms with Gasteiger partial charge in [-0.25, -0.2) is 9.78 Å². The molecule has 0 aliphatic carbocycles. The third kappa shape index (κ3) is 5.05. The van der Waals surface area contributed by atoms with Crippen molar-refractivity contribution in [1.29, 1.82) is 0 Å². The van der Waals surface area contributed by atoms with Gasteiger partial charge < -0.3 is 15.0 Å². The van der Waals surface area contributed by atoms with Crippen LogP contribution in [-0.4, -0.2) is 29.0 Å². The molecule has 0 aliphatic heterocycles. The van der Waals surface area contributed by atoms with Crippen molar-refractivity contribution < 1.29 is 14.3 Å². The highest BCUT2D eigenvalue weighted by molar-refractivity contribution is 6.50.